The highest BCUT2D eigenvalue weighted by Gasteiger charge is 2.26. The number of alkyl carbamates (subject to hydrolysis) is 1. The highest BCUT2D eigenvalue weighted by Crippen LogP contribution is 2.08. The van der Waals surface area contributed by atoms with Gasteiger partial charge in [-0.1, -0.05) is 30.3 Å². The molecule has 31 heavy (non-hydrogen) atoms. The van der Waals surface area contributed by atoms with Crippen LogP contribution in [0.1, 0.15) is 40.2 Å². The number of ether oxygens (including phenoxy) is 2. The number of rotatable bonds is 11. The normalized spacial score (nSPS) is 16.5. The molecule has 2 amide bonds. The van der Waals surface area contributed by atoms with Crippen molar-refractivity contribution in [3.8, 4) is 0 Å². The molecule has 0 fully saturated rings. The fourth-order valence-corrected chi connectivity index (χ4v) is 2.62. The number of aliphatic hydroxyl groups is 2. The van der Waals surface area contributed by atoms with Crippen LogP contribution in [0, 0.1) is 0 Å². The van der Waals surface area contributed by atoms with Crippen molar-refractivity contribution in [2.24, 2.45) is 0 Å². The van der Waals surface area contributed by atoms with E-state index >= 15 is 0 Å². The van der Waals surface area contributed by atoms with Gasteiger partial charge in [-0.05, 0) is 46.6 Å². The molecule has 10 heteroatoms. The monoisotopic (exact) mass is 440 g/mol. The molecular formula is C21H36N4O6. The predicted octanol–water partition coefficient (Wildman–Crippen LogP) is 0.393. The van der Waals surface area contributed by atoms with E-state index < -0.39 is 36.2 Å². The molecule has 0 aliphatic carbocycles. The molecule has 0 saturated heterocycles. The number of hydrogen-bond acceptors (Lipinski definition) is 8. The number of nitrogens with one attached hydrogen (secondary N) is 4. The number of carbonyl (C=O) groups excluding carboxylic acids is 2. The molecule has 10 nitrogen and oxygen atoms in total. The maximum atomic E-state index is 12.3. The second-order valence-corrected chi connectivity index (χ2v) is 8.32. The molecule has 0 spiro atoms. The van der Waals surface area contributed by atoms with Gasteiger partial charge < -0.3 is 25.0 Å². The van der Waals surface area contributed by atoms with Gasteiger partial charge in [0.2, 0.25) is 0 Å². The Morgan fingerprint density at radius 3 is 2.26 bits per heavy atom. The molecule has 0 aliphatic rings. The fourth-order valence-electron chi connectivity index (χ4n) is 2.62. The smallest absolute Gasteiger partial charge is 0.408 e. The lowest BCUT2D eigenvalue weighted by Crippen LogP contribution is -2.59. The van der Waals surface area contributed by atoms with Crippen LogP contribution in [0.15, 0.2) is 30.3 Å². The quantitative estimate of drug-likeness (QED) is 0.214. The molecule has 1 aromatic rings. The van der Waals surface area contributed by atoms with E-state index in [9.17, 15) is 19.8 Å². The zero-order valence-corrected chi connectivity index (χ0v) is 19.0. The van der Waals surface area contributed by atoms with Gasteiger partial charge >= 0.3 is 6.09 Å². The van der Waals surface area contributed by atoms with E-state index in [1.54, 1.807) is 27.7 Å². The lowest BCUT2D eigenvalue weighted by atomic mass is 10.0. The summed E-state index contributed by atoms with van der Waals surface area (Å²) in [6, 6.07) is 7.99. The fraction of sp³-hybridized carbons (Fsp3) is 0.619. The van der Waals surface area contributed by atoms with E-state index in [-0.39, 0.29) is 12.1 Å². The number of hydrazine groups is 1. The molecule has 0 saturated carbocycles. The average molecular weight is 441 g/mol. The van der Waals surface area contributed by atoms with Crippen LogP contribution in [0.3, 0.4) is 0 Å². The van der Waals surface area contributed by atoms with Crippen LogP contribution in [0.2, 0.25) is 0 Å². The first-order valence-corrected chi connectivity index (χ1v) is 10.2. The number of methoxy groups -OCH3 is 1. The van der Waals surface area contributed by atoms with Crippen molar-refractivity contribution in [1.29, 1.82) is 0 Å². The zero-order valence-electron chi connectivity index (χ0n) is 19.0. The van der Waals surface area contributed by atoms with Gasteiger partial charge in [-0.2, -0.15) is 0 Å². The number of amides is 2. The Kier molecular flexibility index (Phi) is 10.9. The molecule has 1 aromatic carbocycles. The number of benzene rings is 1. The predicted molar refractivity (Wildman–Crippen MR) is 116 cm³/mol. The van der Waals surface area contributed by atoms with Gasteiger partial charge in [-0.3, -0.25) is 15.5 Å². The van der Waals surface area contributed by atoms with Gasteiger partial charge in [-0.25, -0.2) is 10.2 Å². The Hall–Kier alpha value is -2.24. The Balaban J connectivity index is 2.68. The minimum absolute atomic E-state index is 0.364. The summed E-state index contributed by atoms with van der Waals surface area (Å²) in [5, 5.41) is 25.2. The number of aliphatic hydroxyl groups excluding tert-OH is 2. The molecule has 0 heterocycles. The maximum Gasteiger partial charge on any atom is 0.408 e. The first-order valence-electron chi connectivity index (χ1n) is 10.2. The molecule has 0 bridgehead atoms. The van der Waals surface area contributed by atoms with Gasteiger partial charge in [0.15, 0.2) is 12.5 Å². The number of carbonyl (C=O) groups is 2. The van der Waals surface area contributed by atoms with Crippen molar-refractivity contribution >= 4 is 12.0 Å². The highest BCUT2D eigenvalue weighted by atomic mass is 16.6. The van der Waals surface area contributed by atoms with Gasteiger partial charge in [0.25, 0.3) is 5.91 Å². The molecule has 5 atom stereocenters. The summed E-state index contributed by atoms with van der Waals surface area (Å²) in [5.74, 6) is -0.464. The molecule has 6 N–H and O–H groups in total. The second-order valence-electron chi connectivity index (χ2n) is 8.32. The summed E-state index contributed by atoms with van der Waals surface area (Å²) >= 11 is 0. The van der Waals surface area contributed by atoms with Crippen LogP contribution in [-0.4, -0.2) is 65.6 Å². The van der Waals surface area contributed by atoms with Crippen molar-refractivity contribution < 1.29 is 29.3 Å². The zero-order chi connectivity index (χ0) is 23.6. The first kappa shape index (κ1) is 26.8. The van der Waals surface area contributed by atoms with Gasteiger partial charge in [0.05, 0.1) is 0 Å². The van der Waals surface area contributed by atoms with Crippen LogP contribution >= 0.6 is 0 Å². The summed E-state index contributed by atoms with van der Waals surface area (Å²) in [6.07, 6.45) is -2.92. The molecule has 0 aliphatic heterocycles. The van der Waals surface area contributed by atoms with Gasteiger partial charge in [0, 0.05) is 19.2 Å². The third-order valence-electron chi connectivity index (χ3n) is 4.35. The van der Waals surface area contributed by atoms with Gasteiger partial charge in [-0.15, -0.1) is 0 Å². The van der Waals surface area contributed by atoms with E-state index in [4.69, 9.17) is 9.47 Å². The first-order chi connectivity index (χ1) is 14.4. The Labute approximate surface area is 183 Å². The summed E-state index contributed by atoms with van der Waals surface area (Å²) in [7, 11) is 1.28. The summed E-state index contributed by atoms with van der Waals surface area (Å²) < 4.78 is 9.89. The van der Waals surface area contributed by atoms with E-state index in [0.29, 0.717) is 6.42 Å². The molecule has 0 aromatic heterocycles. The third-order valence-corrected chi connectivity index (χ3v) is 4.35. The van der Waals surface area contributed by atoms with Crippen molar-refractivity contribution in [1.82, 2.24) is 21.5 Å². The Morgan fingerprint density at radius 2 is 1.71 bits per heavy atom. The largest absolute Gasteiger partial charge is 0.444 e. The van der Waals surface area contributed by atoms with Crippen molar-refractivity contribution in [2.75, 3.05) is 7.11 Å². The molecule has 1 rings (SSSR count). The minimum Gasteiger partial charge on any atom is -0.444 e. The highest BCUT2D eigenvalue weighted by molar-refractivity contribution is 5.84. The van der Waals surface area contributed by atoms with Crippen molar-refractivity contribution in [3.63, 3.8) is 0 Å². The molecular weight excluding hydrogens is 404 g/mol. The van der Waals surface area contributed by atoms with Gasteiger partial charge in [0.1, 0.15) is 11.6 Å². The van der Waals surface area contributed by atoms with Crippen LogP contribution in [0.5, 0.6) is 0 Å². The number of hydrogen-bond donors (Lipinski definition) is 6. The Morgan fingerprint density at radius 1 is 1.10 bits per heavy atom. The summed E-state index contributed by atoms with van der Waals surface area (Å²) in [6.45, 7) is 8.53. The lowest BCUT2D eigenvalue weighted by Gasteiger charge is -2.30. The van der Waals surface area contributed by atoms with E-state index in [2.05, 4.69) is 21.5 Å². The maximum absolute atomic E-state index is 12.3. The van der Waals surface area contributed by atoms with Crippen LogP contribution in [0.4, 0.5) is 4.79 Å². The Bertz CT molecular complexity index is 682. The minimum atomic E-state index is -1.40. The molecule has 0 radical (unpaired) electrons. The second kappa shape index (κ2) is 12.6. The SMILES string of the molecule is COC(O)C(O)N[C@@H](Cc1ccccc1)C(C)NNC(=O)[C@H](C)NC(=O)OC(C)(C)C. The molecule has 176 valence electrons. The molecule has 3 unspecified atom stereocenters. The van der Waals surface area contributed by atoms with Crippen LogP contribution in [0.25, 0.3) is 0 Å². The standard InChI is InChI=1S/C21H36N4O6/c1-13(24-25-17(26)14(2)22-20(29)31-21(3,4)5)16(23-18(27)19(28)30-6)12-15-10-8-7-9-11-15/h7-11,13-14,16,18-19,23-24,27-28H,12H2,1-6H3,(H,22,29)(H,25,26)/t13?,14-,16-,18?,19?/m0/s1. The van der Waals surface area contributed by atoms with Crippen LogP contribution < -0.4 is 21.5 Å². The van der Waals surface area contributed by atoms with E-state index in [0.717, 1.165) is 5.56 Å². The van der Waals surface area contributed by atoms with E-state index in [1.165, 1.54) is 14.0 Å². The summed E-state index contributed by atoms with van der Waals surface area (Å²) in [4.78, 5) is 24.2. The van der Waals surface area contributed by atoms with E-state index in [1.807, 2.05) is 30.3 Å². The average Bonchev–Trinajstić information content (AvgIpc) is 2.69. The third kappa shape index (κ3) is 10.6. The summed E-state index contributed by atoms with van der Waals surface area (Å²) in [5.41, 5.74) is 5.77. The topological polar surface area (TPSA) is 141 Å². The van der Waals surface area contributed by atoms with Crippen molar-refractivity contribution in [2.45, 2.75) is 77.3 Å². The van der Waals surface area contributed by atoms with Crippen LogP contribution in [-0.2, 0) is 20.7 Å². The lowest BCUT2D eigenvalue weighted by molar-refractivity contribution is -0.157. The van der Waals surface area contributed by atoms with Crippen molar-refractivity contribution in [3.05, 3.63) is 35.9 Å².